The van der Waals surface area contributed by atoms with Crippen molar-refractivity contribution in [3.05, 3.63) is 77.4 Å². The van der Waals surface area contributed by atoms with Crippen LogP contribution in [0.1, 0.15) is 23.7 Å². The minimum Gasteiger partial charge on any atom is -0.465 e. The van der Waals surface area contributed by atoms with Crippen molar-refractivity contribution in [3.8, 4) is 0 Å². The number of nitrogens with zero attached hydrogens (tertiary/aromatic N) is 5. The highest BCUT2D eigenvalue weighted by Gasteiger charge is 2.39. The van der Waals surface area contributed by atoms with Gasteiger partial charge in [0.25, 0.3) is 5.91 Å². The molecular weight excluding hydrogens is 537 g/mol. The lowest BCUT2D eigenvalue weighted by Crippen LogP contribution is -2.48. The number of rotatable bonds is 10. The molecule has 1 N–H and O–H groups in total. The monoisotopic (exact) mass is 567 g/mol. The van der Waals surface area contributed by atoms with Crippen molar-refractivity contribution in [1.82, 2.24) is 14.7 Å². The van der Waals surface area contributed by atoms with Crippen LogP contribution in [0, 0.1) is 5.82 Å². The van der Waals surface area contributed by atoms with Crippen molar-refractivity contribution in [2.24, 2.45) is 7.05 Å². The molecule has 0 saturated carbocycles. The van der Waals surface area contributed by atoms with E-state index in [2.05, 4.69) is 5.10 Å². The summed E-state index contributed by atoms with van der Waals surface area (Å²) in [7, 11) is 1.84. The van der Waals surface area contributed by atoms with Gasteiger partial charge in [-0.05, 0) is 30.7 Å². The molecule has 0 aliphatic carbocycles. The zero-order valence-corrected chi connectivity index (χ0v) is 22.6. The maximum absolute atomic E-state index is 15.2. The van der Waals surface area contributed by atoms with E-state index in [1.165, 1.54) is 11.0 Å². The first-order valence-electron chi connectivity index (χ1n) is 13.1. The summed E-state index contributed by atoms with van der Waals surface area (Å²) in [6.07, 6.45) is -2.88. The SMILES string of the molecule is CCOC(OCc1ccccc1)C(=O)N(C[C@H]1CN(c2ccc(N3Cc4cn(C)nc4C3)c(F)c2)C(=O)O1)C(=O)O. The summed E-state index contributed by atoms with van der Waals surface area (Å²) < 4.78 is 33.2. The molecule has 41 heavy (non-hydrogen) atoms. The number of aryl methyl sites for hydroxylation is 1. The van der Waals surface area contributed by atoms with E-state index in [4.69, 9.17) is 14.2 Å². The Balaban J connectivity index is 1.23. The molecule has 3 aromatic rings. The largest absolute Gasteiger partial charge is 0.465 e. The lowest BCUT2D eigenvalue weighted by molar-refractivity contribution is -0.183. The highest BCUT2D eigenvalue weighted by atomic mass is 19.1. The Morgan fingerprint density at radius 2 is 1.98 bits per heavy atom. The third-order valence-electron chi connectivity index (χ3n) is 6.80. The van der Waals surface area contributed by atoms with Crippen molar-refractivity contribution >= 4 is 29.5 Å². The van der Waals surface area contributed by atoms with E-state index in [-0.39, 0.29) is 25.4 Å². The molecule has 0 bridgehead atoms. The number of hydrogen-bond acceptors (Lipinski definition) is 8. The molecule has 2 atom stereocenters. The van der Waals surface area contributed by atoms with Gasteiger partial charge in [-0.3, -0.25) is 14.4 Å². The second-order valence-corrected chi connectivity index (χ2v) is 9.70. The van der Waals surface area contributed by atoms with Crippen LogP contribution in [0.15, 0.2) is 54.7 Å². The molecule has 1 aromatic heterocycles. The fourth-order valence-corrected chi connectivity index (χ4v) is 4.89. The van der Waals surface area contributed by atoms with Crippen molar-refractivity contribution in [1.29, 1.82) is 0 Å². The molecule has 3 heterocycles. The van der Waals surface area contributed by atoms with Crippen LogP contribution in [0.25, 0.3) is 0 Å². The number of anilines is 2. The maximum Gasteiger partial charge on any atom is 0.414 e. The van der Waals surface area contributed by atoms with Crippen molar-refractivity contribution < 1.29 is 38.1 Å². The van der Waals surface area contributed by atoms with E-state index in [9.17, 15) is 19.5 Å². The third kappa shape index (κ3) is 6.15. The first-order valence-corrected chi connectivity index (χ1v) is 13.1. The summed E-state index contributed by atoms with van der Waals surface area (Å²) in [4.78, 5) is 41.3. The van der Waals surface area contributed by atoms with E-state index in [1.54, 1.807) is 35.9 Å². The fraction of sp³-hybridized carbons (Fsp3) is 0.357. The predicted octanol–water partition coefficient (Wildman–Crippen LogP) is 3.49. The molecule has 5 rings (SSSR count). The minimum atomic E-state index is -1.55. The molecule has 12 nitrogen and oxygen atoms in total. The number of fused-ring (bicyclic) bond motifs is 1. The van der Waals surface area contributed by atoms with Gasteiger partial charge in [0.1, 0.15) is 11.9 Å². The molecule has 3 amide bonds. The van der Waals surface area contributed by atoms with Crippen LogP contribution in [-0.2, 0) is 45.7 Å². The number of imide groups is 1. The average molecular weight is 568 g/mol. The van der Waals surface area contributed by atoms with Gasteiger partial charge in [0, 0.05) is 32.0 Å². The van der Waals surface area contributed by atoms with Gasteiger partial charge >= 0.3 is 12.2 Å². The van der Waals surface area contributed by atoms with Crippen LogP contribution in [0.5, 0.6) is 0 Å². The highest BCUT2D eigenvalue weighted by molar-refractivity contribution is 5.94. The molecule has 13 heteroatoms. The van der Waals surface area contributed by atoms with Gasteiger partial charge in [0.05, 0.1) is 43.3 Å². The van der Waals surface area contributed by atoms with Crippen molar-refractivity contribution in [2.75, 3.05) is 29.5 Å². The number of aromatic nitrogens is 2. The van der Waals surface area contributed by atoms with Gasteiger partial charge in [-0.2, -0.15) is 5.10 Å². The molecular formula is C28H30FN5O7. The summed E-state index contributed by atoms with van der Waals surface area (Å²) in [5.74, 6) is -1.47. The highest BCUT2D eigenvalue weighted by Crippen LogP contribution is 2.32. The molecule has 1 unspecified atom stereocenters. The summed E-state index contributed by atoms with van der Waals surface area (Å²) in [5.41, 5.74) is 3.31. The van der Waals surface area contributed by atoms with E-state index in [0.29, 0.717) is 23.7 Å². The zero-order chi connectivity index (χ0) is 29.1. The second-order valence-electron chi connectivity index (χ2n) is 9.70. The van der Waals surface area contributed by atoms with Crippen LogP contribution >= 0.6 is 0 Å². The van der Waals surface area contributed by atoms with Crippen molar-refractivity contribution in [3.63, 3.8) is 0 Å². The fourth-order valence-electron chi connectivity index (χ4n) is 4.89. The average Bonchev–Trinajstić information content (AvgIpc) is 3.61. The molecule has 1 fully saturated rings. The summed E-state index contributed by atoms with van der Waals surface area (Å²) in [6, 6.07) is 13.5. The first kappa shape index (κ1) is 28.1. The number of carbonyl (C=O) groups is 3. The van der Waals surface area contributed by atoms with Crippen molar-refractivity contribution in [2.45, 2.75) is 39.0 Å². The third-order valence-corrected chi connectivity index (χ3v) is 6.80. The maximum atomic E-state index is 15.2. The molecule has 2 aliphatic heterocycles. The van der Waals surface area contributed by atoms with Crippen LogP contribution in [-0.4, -0.2) is 70.0 Å². The minimum absolute atomic E-state index is 0.0264. The smallest absolute Gasteiger partial charge is 0.414 e. The van der Waals surface area contributed by atoms with Gasteiger partial charge in [-0.15, -0.1) is 0 Å². The molecule has 0 radical (unpaired) electrons. The standard InChI is InChI=1S/C28H30FN5O7/c1-3-39-26(40-17-18-7-5-4-6-8-18)25(35)34(27(36)37)15-21-14-33(28(38)41-21)20-9-10-24(22(29)11-20)32-13-19-12-31(2)30-23(19)16-32/h4-12,21,26H,3,13-17H2,1-2H3,(H,36,37)/t21-,26?/m1/s1. The second kappa shape index (κ2) is 11.9. The number of halogens is 1. The summed E-state index contributed by atoms with van der Waals surface area (Å²) in [5, 5.41) is 14.2. The number of ether oxygens (including phenoxy) is 3. The molecule has 2 aliphatic rings. The van der Waals surface area contributed by atoms with Gasteiger partial charge in [-0.1, -0.05) is 30.3 Å². The number of amides is 3. The Bertz CT molecular complexity index is 1410. The molecule has 2 aromatic carbocycles. The van der Waals surface area contributed by atoms with Crippen LogP contribution < -0.4 is 9.80 Å². The van der Waals surface area contributed by atoms with Gasteiger partial charge in [-0.25, -0.2) is 18.9 Å². The number of hydrogen-bond donors (Lipinski definition) is 1. The molecule has 1 saturated heterocycles. The Morgan fingerprint density at radius 1 is 1.20 bits per heavy atom. The number of benzene rings is 2. The Morgan fingerprint density at radius 3 is 2.66 bits per heavy atom. The molecule has 216 valence electrons. The van der Waals surface area contributed by atoms with E-state index < -0.39 is 42.8 Å². The summed E-state index contributed by atoms with van der Waals surface area (Å²) in [6.45, 7) is 2.23. The molecule has 0 spiro atoms. The van der Waals surface area contributed by atoms with Gasteiger partial charge in [0.15, 0.2) is 0 Å². The first-order chi connectivity index (χ1) is 19.7. The van der Waals surface area contributed by atoms with Crippen LogP contribution in [0.3, 0.4) is 0 Å². The number of carbonyl (C=O) groups excluding carboxylic acids is 2. The van der Waals surface area contributed by atoms with Gasteiger partial charge in [0.2, 0.25) is 6.29 Å². The predicted molar refractivity (Wildman–Crippen MR) is 143 cm³/mol. The summed E-state index contributed by atoms with van der Waals surface area (Å²) >= 11 is 0. The number of carboxylic acid groups (broad SMARTS) is 1. The van der Waals surface area contributed by atoms with Crippen LogP contribution in [0.2, 0.25) is 0 Å². The Hall–Kier alpha value is -4.49. The van der Waals surface area contributed by atoms with E-state index in [1.807, 2.05) is 36.3 Å². The zero-order valence-electron chi connectivity index (χ0n) is 22.6. The Labute approximate surface area is 235 Å². The van der Waals surface area contributed by atoms with E-state index in [0.717, 1.165) is 16.8 Å². The lowest BCUT2D eigenvalue weighted by atomic mass is 10.2. The Kier molecular flexibility index (Phi) is 8.17. The van der Waals surface area contributed by atoms with Crippen LogP contribution in [0.4, 0.5) is 25.4 Å². The van der Waals surface area contributed by atoms with E-state index >= 15 is 4.39 Å². The normalized spacial score (nSPS) is 17.0. The topological polar surface area (TPSA) is 127 Å². The number of cyclic esters (lactones) is 1. The van der Waals surface area contributed by atoms with Gasteiger partial charge < -0.3 is 24.2 Å². The lowest BCUT2D eigenvalue weighted by Gasteiger charge is -2.25. The quantitative estimate of drug-likeness (QED) is 0.366.